The standard InChI is InChI=1S/C18H36N2O2/c1-17(2,3)9-7-14-22-15-8-16(21)19-10-12-20(13-11-19)18(4,5)6/h7-15H2,1-6H3. The van der Waals surface area contributed by atoms with Gasteiger partial charge in [-0.15, -0.1) is 0 Å². The second-order valence-electron chi connectivity index (χ2n) is 8.57. The first-order chi connectivity index (χ1) is 10.1. The summed E-state index contributed by atoms with van der Waals surface area (Å²) in [5.41, 5.74) is 0.567. The van der Waals surface area contributed by atoms with Gasteiger partial charge >= 0.3 is 0 Å². The molecular formula is C18H36N2O2. The van der Waals surface area contributed by atoms with Crippen LogP contribution in [0.5, 0.6) is 0 Å². The summed E-state index contributed by atoms with van der Waals surface area (Å²) in [6.45, 7) is 18.4. The van der Waals surface area contributed by atoms with Gasteiger partial charge in [-0.2, -0.15) is 0 Å². The SMILES string of the molecule is CC(C)(C)CCCOCCC(=O)N1CCN(C(C)(C)C)CC1. The number of hydrogen-bond acceptors (Lipinski definition) is 3. The van der Waals surface area contributed by atoms with Crippen molar-refractivity contribution >= 4 is 5.91 Å². The molecule has 0 aliphatic carbocycles. The van der Waals surface area contributed by atoms with Crippen molar-refractivity contribution < 1.29 is 9.53 Å². The van der Waals surface area contributed by atoms with Crippen molar-refractivity contribution in [2.45, 2.75) is 66.3 Å². The highest BCUT2D eigenvalue weighted by atomic mass is 16.5. The quantitative estimate of drug-likeness (QED) is 0.706. The Kier molecular flexibility index (Phi) is 7.33. The third-order valence-corrected chi connectivity index (χ3v) is 4.26. The van der Waals surface area contributed by atoms with Gasteiger partial charge in [0.15, 0.2) is 0 Å². The minimum absolute atomic E-state index is 0.200. The van der Waals surface area contributed by atoms with Crippen LogP contribution in [0.1, 0.15) is 60.8 Å². The van der Waals surface area contributed by atoms with E-state index >= 15 is 0 Å². The smallest absolute Gasteiger partial charge is 0.224 e. The molecule has 1 saturated heterocycles. The van der Waals surface area contributed by atoms with Crippen molar-refractivity contribution in [2.24, 2.45) is 5.41 Å². The van der Waals surface area contributed by atoms with Crippen LogP contribution in [0.4, 0.5) is 0 Å². The summed E-state index contributed by atoms with van der Waals surface area (Å²) < 4.78 is 5.61. The first kappa shape index (κ1) is 19.4. The van der Waals surface area contributed by atoms with E-state index in [9.17, 15) is 4.79 Å². The summed E-state index contributed by atoms with van der Waals surface area (Å²) >= 11 is 0. The molecular weight excluding hydrogens is 276 g/mol. The van der Waals surface area contributed by atoms with Gasteiger partial charge in [0.25, 0.3) is 0 Å². The number of ether oxygens (including phenoxy) is 1. The lowest BCUT2D eigenvalue weighted by atomic mass is 9.91. The van der Waals surface area contributed by atoms with E-state index in [0.717, 1.165) is 45.6 Å². The van der Waals surface area contributed by atoms with Crippen LogP contribution in [0, 0.1) is 5.41 Å². The summed E-state index contributed by atoms with van der Waals surface area (Å²) in [4.78, 5) is 16.6. The number of hydrogen-bond donors (Lipinski definition) is 0. The molecule has 1 heterocycles. The maximum atomic E-state index is 12.2. The molecule has 0 aromatic carbocycles. The first-order valence-electron chi connectivity index (χ1n) is 8.70. The van der Waals surface area contributed by atoms with E-state index in [2.05, 4.69) is 46.4 Å². The largest absolute Gasteiger partial charge is 0.381 e. The highest BCUT2D eigenvalue weighted by Gasteiger charge is 2.27. The molecule has 0 radical (unpaired) electrons. The Balaban J connectivity index is 2.12. The Morgan fingerprint density at radius 2 is 1.55 bits per heavy atom. The second kappa shape index (κ2) is 8.30. The van der Waals surface area contributed by atoms with Gasteiger partial charge in [0, 0.05) is 38.3 Å². The fourth-order valence-corrected chi connectivity index (χ4v) is 2.75. The van der Waals surface area contributed by atoms with Crippen LogP contribution in [-0.2, 0) is 9.53 Å². The molecule has 1 aliphatic rings. The van der Waals surface area contributed by atoms with E-state index < -0.39 is 0 Å². The van der Waals surface area contributed by atoms with Crippen LogP contribution in [0.25, 0.3) is 0 Å². The van der Waals surface area contributed by atoms with Crippen LogP contribution in [0.3, 0.4) is 0 Å². The number of nitrogens with zero attached hydrogens (tertiary/aromatic N) is 2. The molecule has 0 saturated carbocycles. The highest BCUT2D eigenvalue weighted by molar-refractivity contribution is 5.76. The Labute approximate surface area is 137 Å². The van der Waals surface area contributed by atoms with E-state index in [1.54, 1.807) is 0 Å². The van der Waals surface area contributed by atoms with E-state index in [1.165, 1.54) is 0 Å². The average molecular weight is 312 g/mol. The summed E-state index contributed by atoms with van der Waals surface area (Å²) in [6, 6.07) is 0. The zero-order chi connectivity index (χ0) is 16.8. The predicted molar refractivity (Wildman–Crippen MR) is 92.0 cm³/mol. The molecule has 1 aliphatic heterocycles. The van der Waals surface area contributed by atoms with Gasteiger partial charge in [0.2, 0.25) is 5.91 Å². The summed E-state index contributed by atoms with van der Waals surface area (Å²) in [7, 11) is 0. The number of carbonyl (C=O) groups excluding carboxylic acids is 1. The van der Waals surface area contributed by atoms with Crippen molar-refractivity contribution in [3.8, 4) is 0 Å². The zero-order valence-electron chi connectivity index (χ0n) is 15.6. The molecule has 1 amide bonds. The van der Waals surface area contributed by atoms with Crippen molar-refractivity contribution in [1.82, 2.24) is 9.80 Å². The maximum absolute atomic E-state index is 12.2. The number of carbonyl (C=O) groups is 1. The van der Waals surface area contributed by atoms with E-state index in [1.807, 2.05) is 4.90 Å². The van der Waals surface area contributed by atoms with E-state index in [4.69, 9.17) is 4.74 Å². The molecule has 4 heteroatoms. The Bertz CT molecular complexity index is 334. The van der Waals surface area contributed by atoms with Gasteiger partial charge < -0.3 is 9.64 Å². The Hall–Kier alpha value is -0.610. The second-order valence-corrected chi connectivity index (χ2v) is 8.57. The molecule has 0 unspecified atom stereocenters. The summed E-state index contributed by atoms with van der Waals surface area (Å²) in [5.74, 6) is 0.240. The van der Waals surface area contributed by atoms with Crippen molar-refractivity contribution in [2.75, 3.05) is 39.4 Å². The van der Waals surface area contributed by atoms with Gasteiger partial charge in [-0.05, 0) is 39.0 Å². The van der Waals surface area contributed by atoms with Crippen molar-refractivity contribution in [3.05, 3.63) is 0 Å². The lowest BCUT2D eigenvalue weighted by Crippen LogP contribution is -2.54. The minimum Gasteiger partial charge on any atom is -0.381 e. The molecule has 22 heavy (non-hydrogen) atoms. The van der Waals surface area contributed by atoms with E-state index in [0.29, 0.717) is 18.4 Å². The minimum atomic E-state index is 0.200. The maximum Gasteiger partial charge on any atom is 0.224 e. The van der Waals surface area contributed by atoms with Gasteiger partial charge in [0.05, 0.1) is 13.0 Å². The molecule has 0 N–H and O–H groups in total. The van der Waals surface area contributed by atoms with Gasteiger partial charge in [-0.1, -0.05) is 20.8 Å². The average Bonchev–Trinajstić information content (AvgIpc) is 2.40. The molecule has 1 fully saturated rings. The van der Waals surface area contributed by atoms with Crippen LogP contribution < -0.4 is 0 Å². The molecule has 0 aromatic heterocycles. The zero-order valence-corrected chi connectivity index (χ0v) is 15.6. The van der Waals surface area contributed by atoms with Crippen LogP contribution in [0.2, 0.25) is 0 Å². The monoisotopic (exact) mass is 312 g/mol. The molecule has 130 valence electrons. The summed E-state index contributed by atoms with van der Waals surface area (Å²) in [5, 5.41) is 0. The van der Waals surface area contributed by atoms with Crippen LogP contribution in [0.15, 0.2) is 0 Å². The molecule has 0 spiro atoms. The van der Waals surface area contributed by atoms with Crippen molar-refractivity contribution in [1.29, 1.82) is 0 Å². The normalized spacial score (nSPS) is 17.8. The summed E-state index contributed by atoms with van der Waals surface area (Å²) in [6.07, 6.45) is 2.75. The third-order valence-electron chi connectivity index (χ3n) is 4.26. The molecule has 0 aromatic rings. The third kappa shape index (κ3) is 7.59. The number of piperazine rings is 1. The lowest BCUT2D eigenvalue weighted by Gasteiger charge is -2.42. The van der Waals surface area contributed by atoms with Crippen molar-refractivity contribution in [3.63, 3.8) is 0 Å². The molecule has 4 nitrogen and oxygen atoms in total. The number of rotatable bonds is 6. The fraction of sp³-hybridized carbons (Fsp3) is 0.944. The topological polar surface area (TPSA) is 32.8 Å². The van der Waals surface area contributed by atoms with Gasteiger partial charge in [0.1, 0.15) is 0 Å². The highest BCUT2D eigenvalue weighted by Crippen LogP contribution is 2.20. The van der Waals surface area contributed by atoms with Crippen LogP contribution in [-0.4, -0.2) is 60.6 Å². The fourth-order valence-electron chi connectivity index (χ4n) is 2.75. The van der Waals surface area contributed by atoms with E-state index in [-0.39, 0.29) is 11.4 Å². The molecule has 0 atom stereocenters. The molecule has 0 bridgehead atoms. The first-order valence-corrected chi connectivity index (χ1v) is 8.70. The Morgan fingerprint density at radius 1 is 0.955 bits per heavy atom. The van der Waals surface area contributed by atoms with Crippen LogP contribution >= 0.6 is 0 Å². The van der Waals surface area contributed by atoms with Gasteiger partial charge in [-0.25, -0.2) is 0 Å². The van der Waals surface area contributed by atoms with Gasteiger partial charge in [-0.3, -0.25) is 9.69 Å². The Morgan fingerprint density at radius 3 is 2.05 bits per heavy atom. The molecule has 1 rings (SSSR count). The predicted octanol–water partition coefficient (Wildman–Crippen LogP) is 3.16. The number of amides is 1. The lowest BCUT2D eigenvalue weighted by molar-refractivity contribution is -0.134.